The molecular weight excluding hydrogens is 302 g/mol. The predicted molar refractivity (Wildman–Crippen MR) is 74.2 cm³/mol. The van der Waals surface area contributed by atoms with Gasteiger partial charge >= 0.3 is 0 Å². The number of halogens is 2. The Morgan fingerprint density at radius 1 is 1.09 bits per heavy atom. The van der Waals surface area contributed by atoms with E-state index in [-0.39, 0.29) is 23.6 Å². The van der Waals surface area contributed by atoms with Crippen LogP contribution in [0.25, 0.3) is 5.69 Å². The maximum absolute atomic E-state index is 13.7. The van der Waals surface area contributed by atoms with E-state index >= 15 is 0 Å². The maximum Gasteiger partial charge on any atom is 0.176 e. The molecule has 0 N–H and O–H groups in total. The molecule has 0 saturated heterocycles. The summed E-state index contributed by atoms with van der Waals surface area (Å²) in [6.45, 7) is 0.153. The van der Waals surface area contributed by atoms with E-state index in [1.807, 2.05) is 12.1 Å². The van der Waals surface area contributed by atoms with Gasteiger partial charge in [0.1, 0.15) is 17.8 Å². The first-order valence-electron chi connectivity index (χ1n) is 6.48. The van der Waals surface area contributed by atoms with Crippen LogP contribution in [0.3, 0.4) is 0 Å². The summed E-state index contributed by atoms with van der Waals surface area (Å²) in [7, 11) is 0. The van der Waals surface area contributed by atoms with Crippen LogP contribution in [0.2, 0.25) is 0 Å². The lowest BCUT2D eigenvalue weighted by Crippen LogP contribution is -2.05. The van der Waals surface area contributed by atoms with Gasteiger partial charge in [-0.3, -0.25) is 0 Å². The van der Waals surface area contributed by atoms with E-state index in [9.17, 15) is 8.78 Å². The molecule has 0 unspecified atom stereocenters. The SMILES string of the molecule is N#Cc1ncn(Cc2ccn(-c3c(F)cccc3F)n2)c1C#N. The third-order valence-electron chi connectivity index (χ3n) is 3.19. The smallest absolute Gasteiger partial charge is 0.176 e. The van der Waals surface area contributed by atoms with Crippen molar-refractivity contribution in [3.05, 3.63) is 65.5 Å². The van der Waals surface area contributed by atoms with Gasteiger partial charge in [-0.1, -0.05) is 6.07 Å². The molecule has 0 aliphatic carbocycles. The van der Waals surface area contributed by atoms with Gasteiger partial charge in [0, 0.05) is 6.20 Å². The van der Waals surface area contributed by atoms with Gasteiger partial charge in [0.15, 0.2) is 23.0 Å². The number of benzene rings is 1. The summed E-state index contributed by atoms with van der Waals surface area (Å²) >= 11 is 0. The fraction of sp³-hybridized carbons (Fsp3) is 0.0667. The van der Waals surface area contributed by atoms with Crippen molar-refractivity contribution in [1.82, 2.24) is 19.3 Å². The highest BCUT2D eigenvalue weighted by molar-refractivity contribution is 5.37. The number of hydrogen-bond donors (Lipinski definition) is 0. The highest BCUT2D eigenvalue weighted by atomic mass is 19.1. The average Bonchev–Trinajstić information content (AvgIpc) is 3.14. The van der Waals surface area contributed by atoms with E-state index in [1.165, 1.54) is 23.2 Å². The number of hydrogen-bond acceptors (Lipinski definition) is 4. The normalized spacial score (nSPS) is 10.3. The highest BCUT2D eigenvalue weighted by Gasteiger charge is 2.14. The Kier molecular flexibility index (Phi) is 3.57. The van der Waals surface area contributed by atoms with Crippen molar-refractivity contribution < 1.29 is 8.78 Å². The zero-order chi connectivity index (χ0) is 16.4. The monoisotopic (exact) mass is 310 g/mol. The molecule has 8 heteroatoms. The van der Waals surface area contributed by atoms with Gasteiger partial charge in [0.25, 0.3) is 0 Å². The Morgan fingerprint density at radius 2 is 1.83 bits per heavy atom. The molecule has 3 aromatic rings. The summed E-state index contributed by atoms with van der Waals surface area (Å²) in [6, 6.07) is 8.84. The van der Waals surface area contributed by atoms with E-state index in [1.54, 1.807) is 6.07 Å². The van der Waals surface area contributed by atoms with Crippen LogP contribution >= 0.6 is 0 Å². The molecular formula is C15H8F2N6. The van der Waals surface area contributed by atoms with Crippen LogP contribution in [0.5, 0.6) is 0 Å². The highest BCUT2D eigenvalue weighted by Crippen LogP contribution is 2.17. The molecule has 0 spiro atoms. The van der Waals surface area contributed by atoms with Gasteiger partial charge in [-0.2, -0.15) is 15.6 Å². The van der Waals surface area contributed by atoms with Gasteiger partial charge in [-0.25, -0.2) is 18.4 Å². The molecule has 112 valence electrons. The van der Waals surface area contributed by atoms with Crippen LogP contribution in [0, 0.1) is 34.3 Å². The first kappa shape index (κ1) is 14.4. The fourth-order valence-corrected chi connectivity index (χ4v) is 2.15. The van der Waals surface area contributed by atoms with E-state index in [2.05, 4.69) is 10.1 Å². The minimum atomic E-state index is -0.730. The van der Waals surface area contributed by atoms with Crippen molar-refractivity contribution in [1.29, 1.82) is 10.5 Å². The minimum absolute atomic E-state index is 0.0204. The molecule has 1 aromatic carbocycles. The van der Waals surface area contributed by atoms with Crippen molar-refractivity contribution in [3.63, 3.8) is 0 Å². The molecule has 0 aliphatic rings. The molecule has 2 aromatic heterocycles. The standard InChI is InChI=1S/C15H8F2N6/c16-11-2-1-3-12(17)15(11)23-5-4-10(21-23)8-22-9-20-13(6-18)14(22)7-19/h1-5,9H,8H2. The maximum atomic E-state index is 13.7. The summed E-state index contributed by atoms with van der Waals surface area (Å²) in [6.07, 6.45) is 2.77. The molecule has 0 aliphatic heterocycles. The van der Waals surface area contributed by atoms with Gasteiger partial charge in [-0.05, 0) is 18.2 Å². The summed E-state index contributed by atoms with van der Waals surface area (Å²) in [4.78, 5) is 3.82. The zero-order valence-corrected chi connectivity index (χ0v) is 11.6. The van der Waals surface area contributed by atoms with Crippen LogP contribution < -0.4 is 0 Å². The predicted octanol–water partition coefficient (Wildman–Crippen LogP) is 2.14. The quantitative estimate of drug-likeness (QED) is 0.742. The largest absolute Gasteiger partial charge is 0.315 e. The molecule has 2 heterocycles. The van der Waals surface area contributed by atoms with Gasteiger partial charge in [0.2, 0.25) is 0 Å². The van der Waals surface area contributed by atoms with Crippen molar-refractivity contribution in [3.8, 4) is 17.8 Å². The lowest BCUT2D eigenvalue weighted by Gasteiger charge is -2.04. The summed E-state index contributed by atoms with van der Waals surface area (Å²) < 4.78 is 30.0. The fourth-order valence-electron chi connectivity index (χ4n) is 2.15. The van der Waals surface area contributed by atoms with Crippen LogP contribution in [0.4, 0.5) is 8.78 Å². The second-order valence-electron chi connectivity index (χ2n) is 4.62. The topological polar surface area (TPSA) is 83.2 Å². The van der Waals surface area contributed by atoms with E-state index in [0.717, 1.165) is 16.8 Å². The number of para-hydroxylation sites is 1. The van der Waals surface area contributed by atoms with Gasteiger partial charge < -0.3 is 4.57 Å². The molecule has 0 amide bonds. The van der Waals surface area contributed by atoms with Crippen LogP contribution in [-0.2, 0) is 6.54 Å². The van der Waals surface area contributed by atoms with Crippen LogP contribution in [-0.4, -0.2) is 19.3 Å². The Bertz CT molecular complexity index is 937. The molecule has 0 atom stereocenters. The van der Waals surface area contributed by atoms with Crippen LogP contribution in [0.1, 0.15) is 17.1 Å². The third kappa shape index (κ3) is 2.54. The van der Waals surface area contributed by atoms with E-state index in [4.69, 9.17) is 10.5 Å². The van der Waals surface area contributed by atoms with Crippen molar-refractivity contribution in [2.45, 2.75) is 6.54 Å². The summed E-state index contributed by atoms with van der Waals surface area (Å²) in [5.74, 6) is -1.46. The second-order valence-corrected chi connectivity index (χ2v) is 4.62. The number of aromatic nitrogens is 4. The molecule has 23 heavy (non-hydrogen) atoms. The molecule has 0 bridgehead atoms. The first-order chi connectivity index (χ1) is 11.1. The number of nitrogens with zero attached hydrogens (tertiary/aromatic N) is 6. The minimum Gasteiger partial charge on any atom is -0.315 e. The zero-order valence-electron chi connectivity index (χ0n) is 11.6. The van der Waals surface area contributed by atoms with Gasteiger partial charge in [-0.15, -0.1) is 0 Å². The summed E-state index contributed by atoms with van der Waals surface area (Å²) in [5.41, 5.74) is 0.319. The molecule has 6 nitrogen and oxygen atoms in total. The first-order valence-corrected chi connectivity index (χ1v) is 6.48. The molecule has 3 rings (SSSR count). The molecule has 0 radical (unpaired) electrons. The third-order valence-corrected chi connectivity index (χ3v) is 3.19. The van der Waals surface area contributed by atoms with Crippen molar-refractivity contribution in [2.24, 2.45) is 0 Å². The Morgan fingerprint density at radius 3 is 2.48 bits per heavy atom. The van der Waals surface area contributed by atoms with Gasteiger partial charge in [0.05, 0.1) is 18.6 Å². The van der Waals surface area contributed by atoms with Crippen molar-refractivity contribution in [2.75, 3.05) is 0 Å². The van der Waals surface area contributed by atoms with Crippen LogP contribution in [0.15, 0.2) is 36.8 Å². The number of imidazole rings is 1. The average molecular weight is 310 g/mol. The lowest BCUT2D eigenvalue weighted by atomic mass is 10.3. The molecule has 0 saturated carbocycles. The van der Waals surface area contributed by atoms with Crippen molar-refractivity contribution >= 4 is 0 Å². The Hall–Kier alpha value is -3.52. The Labute approximate surface area is 129 Å². The lowest BCUT2D eigenvalue weighted by molar-refractivity contribution is 0.558. The number of rotatable bonds is 3. The second kappa shape index (κ2) is 5.70. The van der Waals surface area contributed by atoms with E-state index in [0.29, 0.717) is 5.69 Å². The van der Waals surface area contributed by atoms with E-state index < -0.39 is 11.6 Å². The number of nitriles is 2. The summed E-state index contributed by atoms with van der Waals surface area (Å²) in [5, 5.41) is 22.0. The Balaban J connectivity index is 1.94. The molecule has 0 fully saturated rings.